The van der Waals surface area contributed by atoms with Crippen LogP contribution in [-0.2, 0) is 0 Å². The van der Waals surface area contributed by atoms with E-state index in [1.54, 1.807) is 0 Å². The van der Waals surface area contributed by atoms with E-state index in [1.165, 1.54) is 45.9 Å². The lowest BCUT2D eigenvalue weighted by atomic mass is 9.59. The first-order chi connectivity index (χ1) is 14.9. The summed E-state index contributed by atoms with van der Waals surface area (Å²) in [5.74, 6) is 5.58. The number of hydrogen-bond acceptors (Lipinski definition) is 0. The summed E-state index contributed by atoms with van der Waals surface area (Å²) >= 11 is 0. The predicted molar refractivity (Wildman–Crippen MR) is 124 cm³/mol. The Balaban J connectivity index is 1.68. The van der Waals surface area contributed by atoms with Crippen LogP contribution in [-0.4, -0.2) is 0 Å². The van der Waals surface area contributed by atoms with Crippen LogP contribution in [0, 0.1) is 23.7 Å². The van der Waals surface area contributed by atoms with Gasteiger partial charge < -0.3 is 0 Å². The SMILES string of the molecule is c1ccc([C-]2CC[C-](c3ccccc3)[C-](c3ccccc3)[C-]2c2ccccc2)cc1. The van der Waals surface area contributed by atoms with Crippen molar-refractivity contribution in [1.29, 1.82) is 0 Å². The normalized spacial score (nSPS) is 14.1. The molecule has 1 fully saturated rings. The van der Waals surface area contributed by atoms with Crippen molar-refractivity contribution in [3.05, 3.63) is 167 Å². The molecule has 0 unspecified atom stereocenters. The topological polar surface area (TPSA) is 0 Å². The Morgan fingerprint density at radius 1 is 0.333 bits per heavy atom. The highest BCUT2D eigenvalue weighted by Gasteiger charge is 2.24. The standard InChI is InChI=1S/C30H24/c1-5-13-23(14-6-1)27-21-22-28(24-15-7-2-8-16-24)30(26-19-11-4-12-20-26)29(27)25-17-9-3-10-18-25/h1-20H,21-22H2/q-4. The van der Waals surface area contributed by atoms with Crippen molar-refractivity contribution < 1.29 is 0 Å². The molecule has 1 saturated carbocycles. The molecule has 5 rings (SSSR count). The summed E-state index contributed by atoms with van der Waals surface area (Å²) in [6.07, 6.45) is 2.07. The van der Waals surface area contributed by atoms with E-state index in [2.05, 4.69) is 121 Å². The molecule has 148 valence electrons. The molecule has 4 aromatic rings. The summed E-state index contributed by atoms with van der Waals surface area (Å²) in [6.45, 7) is 0. The minimum absolute atomic E-state index is 1.04. The Morgan fingerprint density at radius 3 is 0.900 bits per heavy atom. The first-order valence-corrected chi connectivity index (χ1v) is 10.6. The van der Waals surface area contributed by atoms with Crippen molar-refractivity contribution in [3.8, 4) is 0 Å². The fourth-order valence-corrected chi connectivity index (χ4v) is 4.50. The van der Waals surface area contributed by atoms with Crippen LogP contribution in [0.2, 0.25) is 0 Å². The summed E-state index contributed by atoms with van der Waals surface area (Å²) in [5.41, 5.74) is 5.19. The van der Waals surface area contributed by atoms with Crippen LogP contribution >= 0.6 is 0 Å². The van der Waals surface area contributed by atoms with Gasteiger partial charge in [0, 0.05) is 0 Å². The molecule has 0 aliphatic heterocycles. The first kappa shape index (κ1) is 18.4. The monoisotopic (exact) mass is 384 g/mol. The minimum atomic E-state index is 1.04. The second-order valence-electron chi connectivity index (χ2n) is 7.67. The van der Waals surface area contributed by atoms with Gasteiger partial charge in [-0.15, -0.1) is 48.5 Å². The van der Waals surface area contributed by atoms with Crippen LogP contribution in [0.4, 0.5) is 0 Å². The lowest BCUT2D eigenvalue weighted by Gasteiger charge is -2.62. The van der Waals surface area contributed by atoms with E-state index in [0.29, 0.717) is 0 Å². The van der Waals surface area contributed by atoms with Gasteiger partial charge in [0.2, 0.25) is 0 Å². The first-order valence-electron chi connectivity index (χ1n) is 10.6. The molecule has 0 N–H and O–H groups in total. The molecule has 0 spiro atoms. The molecule has 0 radical (unpaired) electrons. The predicted octanol–water partition coefficient (Wildman–Crippen LogP) is 7.27. The fraction of sp³-hybridized carbons (Fsp3) is 0.0667. The maximum atomic E-state index is 2.25. The highest BCUT2D eigenvalue weighted by atomic mass is 14.4. The van der Waals surface area contributed by atoms with Crippen LogP contribution in [0.25, 0.3) is 0 Å². The maximum absolute atomic E-state index is 2.25. The Bertz CT molecular complexity index is 949. The largest absolute Gasteiger partial charge is 0.241 e. The molecule has 1 aliphatic rings. The van der Waals surface area contributed by atoms with Crippen molar-refractivity contribution in [3.63, 3.8) is 0 Å². The Morgan fingerprint density at radius 2 is 0.600 bits per heavy atom. The molecule has 0 saturated heterocycles. The lowest BCUT2D eigenvalue weighted by Crippen LogP contribution is -2.32. The zero-order valence-corrected chi connectivity index (χ0v) is 17.0. The molecule has 0 nitrogen and oxygen atoms in total. The zero-order valence-electron chi connectivity index (χ0n) is 17.0. The Labute approximate surface area is 180 Å². The Hall–Kier alpha value is -3.64. The molecule has 0 bridgehead atoms. The van der Waals surface area contributed by atoms with E-state index in [1.807, 2.05) is 0 Å². The lowest BCUT2D eigenvalue weighted by molar-refractivity contribution is 0.685. The van der Waals surface area contributed by atoms with Crippen LogP contribution in [0.5, 0.6) is 0 Å². The van der Waals surface area contributed by atoms with E-state index in [4.69, 9.17) is 0 Å². The van der Waals surface area contributed by atoms with Gasteiger partial charge >= 0.3 is 0 Å². The van der Waals surface area contributed by atoms with Gasteiger partial charge in [-0.2, -0.15) is 59.7 Å². The van der Waals surface area contributed by atoms with E-state index in [-0.39, 0.29) is 0 Å². The van der Waals surface area contributed by atoms with Crippen LogP contribution in [0.3, 0.4) is 0 Å². The molecular formula is C30H24-4. The van der Waals surface area contributed by atoms with Gasteiger partial charge in [0.1, 0.15) is 0 Å². The molecule has 0 aromatic heterocycles. The number of rotatable bonds is 4. The molecule has 0 heteroatoms. The van der Waals surface area contributed by atoms with Gasteiger partial charge in [0.25, 0.3) is 0 Å². The van der Waals surface area contributed by atoms with Crippen molar-refractivity contribution in [2.24, 2.45) is 0 Å². The molecule has 0 heterocycles. The highest BCUT2D eigenvalue weighted by Crippen LogP contribution is 2.54. The molecule has 1 aliphatic carbocycles. The third kappa shape index (κ3) is 3.53. The minimum Gasteiger partial charge on any atom is -0.241 e. The van der Waals surface area contributed by atoms with Gasteiger partial charge in [-0.05, 0) is 0 Å². The van der Waals surface area contributed by atoms with Gasteiger partial charge in [0.05, 0.1) is 0 Å². The second-order valence-corrected chi connectivity index (χ2v) is 7.67. The highest BCUT2D eigenvalue weighted by molar-refractivity contribution is 5.69. The van der Waals surface area contributed by atoms with E-state index >= 15 is 0 Å². The molecule has 0 atom stereocenters. The third-order valence-electron chi connectivity index (χ3n) is 5.85. The fourth-order valence-electron chi connectivity index (χ4n) is 4.50. The second kappa shape index (κ2) is 8.39. The average molecular weight is 385 g/mol. The summed E-state index contributed by atoms with van der Waals surface area (Å²) < 4.78 is 0. The molecule has 4 aromatic carbocycles. The van der Waals surface area contributed by atoms with Crippen molar-refractivity contribution in [2.45, 2.75) is 12.8 Å². The van der Waals surface area contributed by atoms with Gasteiger partial charge in [0.15, 0.2) is 0 Å². The Kier molecular flexibility index (Phi) is 5.14. The molecule has 0 amide bonds. The average Bonchev–Trinajstić information content (AvgIpc) is 2.85. The smallest absolute Gasteiger partial charge is 0.0866 e. The quantitative estimate of drug-likeness (QED) is 0.325. The maximum Gasteiger partial charge on any atom is -0.0866 e. The van der Waals surface area contributed by atoms with Crippen molar-refractivity contribution >= 4 is 0 Å². The van der Waals surface area contributed by atoms with E-state index in [0.717, 1.165) is 12.8 Å². The molecule has 30 heavy (non-hydrogen) atoms. The summed E-state index contributed by atoms with van der Waals surface area (Å²) in [5, 5.41) is 0. The van der Waals surface area contributed by atoms with Gasteiger partial charge in [-0.1, -0.05) is 37.1 Å². The zero-order chi connectivity index (χ0) is 20.2. The van der Waals surface area contributed by atoms with Crippen LogP contribution in [0.1, 0.15) is 35.1 Å². The van der Waals surface area contributed by atoms with Gasteiger partial charge in [-0.25, -0.2) is 34.8 Å². The van der Waals surface area contributed by atoms with Gasteiger partial charge in [-0.3, -0.25) is 0 Å². The number of hydrogen-bond donors (Lipinski definition) is 0. The summed E-state index contributed by atoms with van der Waals surface area (Å²) in [4.78, 5) is 0. The third-order valence-corrected chi connectivity index (χ3v) is 5.85. The van der Waals surface area contributed by atoms with Crippen LogP contribution < -0.4 is 0 Å². The number of benzene rings is 4. The van der Waals surface area contributed by atoms with Crippen LogP contribution in [0.15, 0.2) is 121 Å². The van der Waals surface area contributed by atoms with E-state index < -0.39 is 0 Å². The van der Waals surface area contributed by atoms with Crippen molar-refractivity contribution in [2.75, 3.05) is 0 Å². The molecular weight excluding hydrogens is 360 g/mol. The van der Waals surface area contributed by atoms with E-state index in [9.17, 15) is 0 Å². The summed E-state index contributed by atoms with van der Waals surface area (Å²) in [7, 11) is 0. The van der Waals surface area contributed by atoms with Crippen molar-refractivity contribution in [1.82, 2.24) is 0 Å². The summed E-state index contributed by atoms with van der Waals surface area (Å²) in [6, 6.07) is 43.5.